The van der Waals surface area contributed by atoms with Crippen molar-refractivity contribution in [1.82, 2.24) is 15.0 Å². The summed E-state index contributed by atoms with van der Waals surface area (Å²) in [5.41, 5.74) is 8.39. The number of thiazole rings is 1. The van der Waals surface area contributed by atoms with Gasteiger partial charge in [0.15, 0.2) is 5.13 Å². The number of nitrogens with one attached hydrogen (secondary N) is 2. The Morgan fingerprint density at radius 1 is 1.21 bits per heavy atom. The van der Waals surface area contributed by atoms with Crippen LogP contribution in [0.3, 0.4) is 0 Å². The SMILES string of the molecule is CCOc1cncc(-c2ccc(NC(=O)C(N)c3csc(NS(=O)(=O)C4CCCC4)n3)cc2)n1. The molecule has 1 aliphatic carbocycles. The fourth-order valence-corrected chi connectivity index (χ4v) is 6.20. The third-order valence-electron chi connectivity index (χ3n) is 5.45. The summed E-state index contributed by atoms with van der Waals surface area (Å²) in [4.78, 5) is 25.4. The molecule has 2 heterocycles. The summed E-state index contributed by atoms with van der Waals surface area (Å²) in [6.45, 7) is 2.37. The number of carbonyl (C=O) groups is 1. The van der Waals surface area contributed by atoms with Crippen LogP contribution in [-0.4, -0.2) is 41.1 Å². The Bertz CT molecular complexity index is 1240. The third-order valence-corrected chi connectivity index (χ3v) is 8.18. The number of aromatic nitrogens is 3. The van der Waals surface area contributed by atoms with E-state index in [1.807, 2.05) is 6.92 Å². The Kier molecular flexibility index (Phi) is 7.39. The zero-order valence-electron chi connectivity index (χ0n) is 18.6. The number of nitrogens with zero attached hydrogens (tertiary/aromatic N) is 3. The van der Waals surface area contributed by atoms with Gasteiger partial charge in [0.1, 0.15) is 6.04 Å². The highest BCUT2D eigenvalue weighted by molar-refractivity contribution is 7.93. The van der Waals surface area contributed by atoms with Crippen molar-refractivity contribution in [3.8, 4) is 17.1 Å². The van der Waals surface area contributed by atoms with Crippen LogP contribution in [0, 0.1) is 0 Å². The molecule has 4 N–H and O–H groups in total. The summed E-state index contributed by atoms with van der Waals surface area (Å²) < 4.78 is 32.8. The Balaban J connectivity index is 1.38. The summed E-state index contributed by atoms with van der Waals surface area (Å²) in [5, 5.41) is 4.16. The molecule has 34 heavy (non-hydrogen) atoms. The van der Waals surface area contributed by atoms with Crippen molar-refractivity contribution >= 4 is 38.1 Å². The largest absolute Gasteiger partial charge is 0.477 e. The van der Waals surface area contributed by atoms with Crippen molar-refractivity contribution in [3.05, 3.63) is 47.7 Å². The minimum atomic E-state index is -3.49. The van der Waals surface area contributed by atoms with Crippen LogP contribution in [0.1, 0.15) is 44.3 Å². The minimum Gasteiger partial charge on any atom is -0.477 e. The van der Waals surface area contributed by atoms with Gasteiger partial charge in [-0.3, -0.25) is 14.5 Å². The smallest absolute Gasteiger partial charge is 0.247 e. The summed E-state index contributed by atoms with van der Waals surface area (Å²) in [6, 6.07) is 6.03. The van der Waals surface area contributed by atoms with Crippen LogP contribution in [0.5, 0.6) is 5.88 Å². The van der Waals surface area contributed by atoms with Crippen molar-refractivity contribution in [3.63, 3.8) is 0 Å². The van der Waals surface area contributed by atoms with E-state index in [1.54, 1.807) is 42.0 Å². The molecule has 4 rings (SSSR count). The van der Waals surface area contributed by atoms with E-state index in [-0.39, 0.29) is 5.13 Å². The van der Waals surface area contributed by atoms with Crippen molar-refractivity contribution in [2.24, 2.45) is 5.73 Å². The molecule has 1 saturated carbocycles. The molecule has 1 aromatic carbocycles. The van der Waals surface area contributed by atoms with Crippen LogP contribution in [0.25, 0.3) is 11.3 Å². The van der Waals surface area contributed by atoms with Gasteiger partial charge in [-0.15, -0.1) is 11.3 Å². The monoisotopic (exact) mass is 502 g/mol. The molecule has 0 spiro atoms. The number of rotatable bonds is 9. The van der Waals surface area contributed by atoms with Gasteiger partial charge in [0.2, 0.25) is 21.8 Å². The van der Waals surface area contributed by atoms with Crippen molar-refractivity contribution in [2.45, 2.75) is 43.9 Å². The molecule has 0 radical (unpaired) electrons. The third kappa shape index (κ3) is 5.69. The maximum atomic E-state index is 12.6. The average molecular weight is 503 g/mol. The molecule has 1 fully saturated rings. The number of benzene rings is 1. The average Bonchev–Trinajstić information content (AvgIpc) is 3.52. The first-order valence-corrected chi connectivity index (χ1v) is 13.4. The standard InChI is InChI=1S/C22H26N6O4S2/c1-2-32-19-12-24-11-17(26-19)14-7-9-15(10-8-14)25-21(29)20(23)18-13-33-22(27-18)28-34(30,31)16-5-3-4-6-16/h7-13,16,20H,2-6,23H2,1H3,(H,25,29)(H,27,28). The summed E-state index contributed by atoms with van der Waals surface area (Å²) in [6.07, 6.45) is 6.30. The second-order valence-corrected chi connectivity index (χ2v) is 10.7. The van der Waals surface area contributed by atoms with E-state index in [1.165, 1.54) is 0 Å². The molecule has 0 aliphatic heterocycles. The Morgan fingerprint density at radius 3 is 2.65 bits per heavy atom. The van der Waals surface area contributed by atoms with E-state index < -0.39 is 27.2 Å². The van der Waals surface area contributed by atoms with Crippen LogP contribution in [0.4, 0.5) is 10.8 Å². The van der Waals surface area contributed by atoms with Gasteiger partial charge in [-0.05, 0) is 31.9 Å². The molecule has 1 unspecified atom stereocenters. The van der Waals surface area contributed by atoms with E-state index >= 15 is 0 Å². The van der Waals surface area contributed by atoms with Gasteiger partial charge in [-0.1, -0.05) is 25.0 Å². The van der Waals surface area contributed by atoms with Gasteiger partial charge in [0, 0.05) is 16.6 Å². The Labute approximate surface area is 202 Å². The lowest BCUT2D eigenvalue weighted by Gasteiger charge is -2.12. The van der Waals surface area contributed by atoms with Crippen molar-refractivity contribution < 1.29 is 17.9 Å². The van der Waals surface area contributed by atoms with E-state index in [9.17, 15) is 13.2 Å². The fourth-order valence-electron chi connectivity index (χ4n) is 3.66. The second-order valence-electron chi connectivity index (χ2n) is 7.85. The Hall–Kier alpha value is -3.09. The molecule has 3 aromatic rings. The van der Waals surface area contributed by atoms with Gasteiger partial charge >= 0.3 is 0 Å². The minimum absolute atomic E-state index is 0.213. The number of hydrogen-bond donors (Lipinski definition) is 3. The van der Waals surface area contributed by atoms with Crippen LogP contribution in [0.15, 0.2) is 42.0 Å². The van der Waals surface area contributed by atoms with E-state index in [4.69, 9.17) is 10.5 Å². The van der Waals surface area contributed by atoms with Gasteiger partial charge < -0.3 is 15.8 Å². The molecule has 10 nitrogen and oxygen atoms in total. The van der Waals surface area contributed by atoms with Gasteiger partial charge in [0.05, 0.1) is 35.6 Å². The van der Waals surface area contributed by atoms with E-state index in [0.717, 1.165) is 29.7 Å². The number of anilines is 2. The first-order valence-electron chi connectivity index (χ1n) is 10.9. The fraction of sp³-hybridized carbons (Fsp3) is 0.364. The maximum absolute atomic E-state index is 12.6. The highest BCUT2D eigenvalue weighted by Crippen LogP contribution is 2.28. The summed E-state index contributed by atoms with van der Waals surface area (Å²) >= 11 is 1.11. The quantitative estimate of drug-likeness (QED) is 0.403. The molecule has 1 atom stereocenters. The van der Waals surface area contributed by atoms with Crippen LogP contribution in [-0.2, 0) is 14.8 Å². The summed E-state index contributed by atoms with van der Waals surface area (Å²) in [5.74, 6) is -0.0158. The predicted octanol–water partition coefficient (Wildman–Crippen LogP) is 3.32. The van der Waals surface area contributed by atoms with Gasteiger partial charge in [0.25, 0.3) is 0 Å². The first kappa shape index (κ1) is 24.0. The molecule has 0 bridgehead atoms. The maximum Gasteiger partial charge on any atom is 0.247 e. The van der Waals surface area contributed by atoms with Crippen LogP contribution in [0.2, 0.25) is 0 Å². The van der Waals surface area contributed by atoms with Crippen molar-refractivity contribution in [2.75, 3.05) is 16.6 Å². The number of amides is 1. The first-order chi connectivity index (χ1) is 16.4. The zero-order valence-corrected chi connectivity index (χ0v) is 20.2. The summed E-state index contributed by atoms with van der Waals surface area (Å²) in [7, 11) is -3.49. The number of hydrogen-bond acceptors (Lipinski definition) is 9. The second kappa shape index (κ2) is 10.5. The lowest BCUT2D eigenvalue weighted by molar-refractivity contribution is -0.117. The molecule has 12 heteroatoms. The van der Waals surface area contributed by atoms with E-state index in [0.29, 0.717) is 42.4 Å². The molecule has 180 valence electrons. The predicted molar refractivity (Wildman–Crippen MR) is 131 cm³/mol. The molecular weight excluding hydrogens is 476 g/mol. The molecular formula is C22H26N6O4S2. The highest BCUT2D eigenvalue weighted by Gasteiger charge is 2.30. The lowest BCUT2D eigenvalue weighted by atomic mass is 10.1. The van der Waals surface area contributed by atoms with Crippen molar-refractivity contribution in [1.29, 1.82) is 0 Å². The van der Waals surface area contributed by atoms with Crippen LogP contribution >= 0.6 is 11.3 Å². The number of nitrogens with two attached hydrogens (primary N) is 1. The molecule has 1 aliphatic rings. The van der Waals surface area contributed by atoms with Gasteiger partial charge in [-0.25, -0.2) is 18.4 Å². The normalized spacial score (nSPS) is 15.1. The number of sulfonamides is 1. The highest BCUT2D eigenvalue weighted by atomic mass is 32.2. The number of carbonyl (C=O) groups excluding carboxylic acids is 1. The number of ether oxygens (including phenoxy) is 1. The lowest BCUT2D eigenvalue weighted by Crippen LogP contribution is -2.28. The zero-order chi connectivity index (χ0) is 24.1. The Morgan fingerprint density at radius 2 is 1.94 bits per heavy atom. The molecule has 2 aromatic heterocycles. The van der Waals surface area contributed by atoms with Crippen LogP contribution < -0.4 is 20.5 Å². The molecule has 1 amide bonds. The molecule has 0 saturated heterocycles. The topological polar surface area (TPSA) is 149 Å². The van der Waals surface area contributed by atoms with Gasteiger partial charge in [-0.2, -0.15) is 0 Å². The van der Waals surface area contributed by atoms with E-state index in [2.05, 4.69) is 25.0 Å².